The molecule has 1 aromatic rings. The molecule has 0 heterocycles. The first-order valence-corrected chi connectivity index (χ1v) is 5.67. The molecule has 1 rings (SSSR count). The quantitative estimate of drug-likeness (QED) is 0.731. The smallest absolute Gasteiger partial charge is 0.158 e. The molecule has 1 unspecified atom stereocenters. The van der Waals surface area contributed by atoms with Crippen molar-refractivity contribution in [2.24, 2.45) is 5.73 Å². The van der Waals surface area contributed by atoms with E-state index in [0.717, 1.165) is 5.56 Å². The lowest BCUT2D eigenvalue weighted by atomic mass is 10.1. The SMILES string of the molecule is CC(N)(CCc1ccccc1)[SH](=O)=O. The Hall–Kier alpha value is -0.870. The summed E-state index contributed by atoms with van der Waals surface area (Å²) in [7, 11) is -2.56. The van der Waals surface area contributed by atoms with Gasteiger partial charge < -0.3 is 5.73 Å². The van der Waals surface area contributed by atoms with Crippen LogP contribution in [0.1, 0.15) is 18.9 Å². The fraction of sp³-hybridized carbons (Fsp3) is 0.400. The molecule has 0 aliphatic carbocycles. The van der Waals surface area contributed by atoms with E-state index in [0.29, 0.717) is 12.8 Å². The number of hydrogen-bond donors (Lipinski definition) is 2. The molecule has 0 saturated heterocycles. The molecule has 0 spiro atoms. The zero-order valence-corrected chi connectivity index (χ0v) is 9.04. The van der Waals surface area contributed by atoms with Crippen molar-refractivity contribution in [3.8, 4) is 0 Å². The monoisotopic (exact) mass is 213 g/mol. The predicted octanol–water partition coefficient (Wildman–Crippen LogP) is 0.906. The summed E-state index contributed by atoms with van der Waals surface area (Å²) in [4.78, 5) is -1.09. The van der Waals surface area contributed by atoms with Gasteiger partial charge in [-0.15, -0.1) is 0 Å². The molecule has 3 nitrogen and oxygen atoms in total. The van der Waals surface area contributed by atoms with Crippen LogP contribution in [0.25, 0.3) is 0 Å². The molecule has 0 saturated carbocycles. The fourth-order valence-electron chi connectivity index (χ4n) is 1.13. The van der Waals surface area contributed by atoms with Crippen molar-refractivity contribution in [2.45, 2.75) is 24.6 Å². The third-order valence-corrected chi connectivity index (χ3v) is 3.24. The molecule has 0 aliphatic heterocycles. The second-order valence-corrected chi connectivity index (χ2v) is 5.14. The van der Waals surface area contributed by atoms with E-state index in [9.17, 15) is 8.42 Å². The Morgan fingerprint density at radius 1 is 1.29 bits per heavy atom. The van der Waals surface area contributed by atoms with Gasteiger partial charge in [0.25, 0.3) is 0 Å². The highest BCUT2D eigenvalue weighted by Crippen LogP contribution is 2.11. The van der Waals surface area contributed by atoms with Crippen molar-refractivity contribution in [1.29, 1.82) is 0 Å². The molecule has 1 aromatic carbocycles. The van der Waals surface area contributed by atoms with Gasteiger partial charge in [0.1, 0.15) is 4.87 Å². The van der Waals surface area contributed by atoms with Gasteiger partial charge in [-0.25, -0.2) is 8.42 Å². The van der Waals surface area contributed by atoms with Crippen molar-refractivity contribution < 1.29 is 8.42 Å². The Morgan fingerprint density at radius 2 is 1.86 bits per heavy atom. The summed E-state index contributed by atoms with van der Waals surface area (Å²) in [6.45, 7) is 1.54. The molecule has 0 amide bonds. The molecule has 0 aliphatic rings. The van der Waals surface area contributed by atoms with E-state index in [2.05, 4.69) is 0 Å². The maximum absolute atomic E-state index is 10.8. The Bertz CT molecular complexity index is 350. The highest BCUT2D eigenvalue weighted by atomic mass is 32.2. The Balaban J connectivity index is 2.57. The maximum atomic E-state index is 10.8. The minimum Gasteiger partial charge on any atom is -0.313 e. The van der Waals surface area contributed by atoms with Crippen LogP contribution in [0.5, 0.6) is 0 Å². The Labute approximate surface area is 85.9 Å². The van der Waals surface area contributed by atoms with Gasteiger partial charge in [0.15, 0.2) is 10.7 Å². The molecule has 1 atom stereocenters. The summed E-state index contributed by atoms with van der Waals surface area (Å²) >= 11 is 0. The minimum absolute atomic E-state index is 0.454. The first-order chi connectivity index (χ1) is 6.52. The largest absolute Gasteiger partial charge is 0.313 e. The van der Waals surface area contributed by atoms with Gasteiger partial charge in [0.2, 0.25) is 0 Å². The summed E-state index contributed by atoms with van der Waals surface area (Å²) in [5.41, 5.74) is 6.72. The van der Waals surface area contributed by atoms with Crippen molar-refractivity contribution in [3.05, 3.63) is 35.9 Å². The molecule has 4 heteroatoms. The van der Waals surface area contributed by atoms with Crippen LogP contribution in [0.15, 0.2) is 30.3 Å². The van der Waals surface area contributed by atoms with Crippen LogP contribution in [-0.2, 0) is 17.1 Å². The molecular weight excluding hydrogens is 198 g/mol. The number of hydrogen-bond acceptors (Lipinski definition) is 3. The van der Waals surface area contributed by atoms with Crippen molar-refractivity contribution in [2.75, 3.05) is 0 Å². The third-order valence-electron chi connectivity index (χ3n) is 2.18. The topological polar surface area (TPSA) is 60.2 Å². The Morgan fingerprint density at radius 3 is 2.36 bits per heavy atom. The third kappa shape index (κ3) is 3.12. The molecule has 2 N–H and O–H groups in total. The summed E-state index contributed by atoms with van der Waals surface area (Å²) in [6, 6.07) is 9.72. The summed E-state index contributed by atoms with van der Waals surface area (Å²) in [5, 5.41) is 0. The molecule has 14 heavy (non-hydrogen) atoms. The van der Waals surface area contributed by atoms with Crippen molar-refractivity contribution in [3.63, 3.8) is 0 Å². The summed E-state index contributed by atoms with van der Waals surface area (Å²) < 4.78 is 21.5. The van der Waals surface area contributed by atoms with E-state index in [-0.39, 0.29) is 0 Å². The van der Waals surface area contributed by atoms with E-state index in [1.165, 1.54) is 0 Å². The zero-order chi connectivity index (χ0) is 10.6. The molecule has 0 radical (unpaired) electrons. The van der Waals surface area contributed by atoms with Gasteiger partial charge in [-0.3, -0.25) is 0 Å². The van der Waals surface area contributed by atoms with Crippen LogP contribution >= 0.6 is 0 Å². The van der Waals surface area contributed by atoms with Gasteiger partial charge >= 0.3 is 0 Å². The van der Waals surface area contributed by atoms with Gasteiger partial charge in [-0.05, 0) is 25.3 Å². The first-order valence-electron chi connectivity index (χ1n) is 4.50. The average Bonchev–Trinajstić information content (AvgIpc) is 2.16. The second-order valence-electron chi connectivity index (χ2n) is 3.60. The predicted molar refractivity (Wildman–Crippen MR) is 57.7 cm³/mol. The molecule has 0 fully saturated rings. The lowest BCUT2D eigenvalue weighted by Crippen LogP contribution is -2.38. The molecule has 78 valence electrons. The number of thiol groups is 1. The number of nitrogens with two attached hydrogens (primary N) is 1. The van der Waals surface area contributed by atoms with Gasteiger partial charge in [0.05, 0.1) is 0 Å². The van der Waals surface area contributed by atoms with Crippen molar-refractivity contribution in [1.82, 2.24) is 0 Å². The van der Waals surface area contributed by atoms with E-state index in [1.807, 2.05) is 30.3 Å². The minimum atomic E-state index is -2.56. The highest BCUT2D eigenvalue weighted by Gasteiger charge is 2.21. The molecule has 0 bridgehead atoms. The van der Waals surface area contributed by atoms with E-state index in [4.69, 9.17) is 5.73 Å². The standard InChI is InChI=1S/C10H15NO2S/c1-10(11,14(12)13)8-7-9-5-3-2-4-6-9/h2-6,14H,7-8,11H2,1H3. The van der Waals surface area contributed by atoms with Crippen LogP contribution in [-0.4, -0.2) is 13.3 Å². The van der Waals surface area contributed by atoms with E-state index < -0.39 is 15.6 Å². The average molecular weight is 213 g/mol. The van der Waals surface area contributed by atoms with Crippen LogP contribution in [0.4, 0.5) is 0 Å². The highest BCUT2D eigenvalue weighted by molar-refractivity contribution is 7.73. The lowest BCUT2D eigenvalue weighted by molar-refractivity contribution is 0.532. The van der Waals surface area contributed by atoms with Gasteiger partial charge in [-0.1, -0.05) is 30.3 Å². The zero-order valence-electron chi connectivity index (χ0n) is 8.14. The normalized spacial score (nSPS) is 15.4. The van der Waals surface area contributed by atoms with Gasteiger partial charge in [0, 0.05) is 0 Å². The van der Waals surface area contributed by atoms with E-state index >= 15 is 0 Å². The van der Waals surface area contributed by atoms with E-state index in [1.54, 1.807) is 6.92 Å². The lowest BCUT2D eigenvalue weighted by Gasteiger charge is -2.16. The first kappa shape index (κ1) is 11.2. The van der Waals surface area contributed by atoms with Gasteiger partial charge in [-0.2, -0.15) is 0 Å². The number of rotatable bonds is 4. The Kier molecular flexibility index (Phi) is 3.66. The number of benzene rings is 1. The van der Waals surface area contributed by atoms with Crippen LogP contribution in [0.2, 0.25) is 0 Å². The summed E-state index contributed by atoms with van der Waals surface area (Å²) in [6.07, 6.45) is 1.15. The second kappa shape index (κ2) is 4.57. The molecule has 0 aromatic heterocycles. The summed E-state index contributed by atoms with van der Waals surface area (Å²) in [5.74, 6) is 0. The van der Waals surface area contributed by atoms with Crippen molar-refractivity contribution >= 4 is 10.7 Å². The maximum Gasteiger partial charge on any atom is 0.158 e. The number of aryl methyl sites for hydroxylation is 1. The van der Waals surface area contributed by atoms with Crippen LogP contribution in [0.3, 0.4) is 0 Å². The van der Waals surface area contributed by atoms with Crippen LogP contribution in [0, 0.1) is 0 Å². The van der Waals surface area contributed by atoms with Crippen LogP contribution < -0.4 is 5.73 Å². The molecular formula is C10H15NO2S. The fourth-order valence-corrected chi connectivity index (χ4v) is 1.43.